The molecule has 4 fully saturated rings. The molecule has 1 heterocycles. The van der Waals surface area contributed by atoms with Crippen LogP contribution in [0.2, 0.25) is 0 Å². The molecule has 1 aromatic carbocycles. The number of carbonyl (C=O) groups excluding carboxylic acids is 2. The summed E-state index contributed by atoms with van der Waals surface area (Å²) in [7, 11) is 0. The lowest BCUT2D eigenvalue weighted by atomic mass is 9.52. The van der Waals surface area contributed by atoms with Crippen molar-refractivity contribution < 1.29 is 14.3 Å². The average Bonchev–Trinajstić information content (AvgIpc) is 2.94. The van der Waals surface area contributed by atoms with Gasteiger partial charge in [0.05, 0.1) is 5.92 Å². The Morgan fingerprint density at radius 3 is 2.38 bits per heavy atom. The Kier molecular flexibility index (Phi) is 3.84. The first kappa shape index (κ1) is 16.3. The molecule has 5 aliphatic rings. The second-order valence-electron chi connectivity index (χ2n) is 9.01. The minimum absolute atomic E-state index is 0.0406. The maximum atomic E-state index is 12.8. The van der Waals surface area contributed by atoms with Gasteiger partial charge in [0.2, 0.25) is 0 Å². The summed E-state index contributed by atoms with van der Waals surface area (Å²) < 4.78 is 5.58. The number of nitrogens with zero attached hydrogens (tertiary/aromatic N) is 1. The normalized spacial score (nSPS) is 36.9. The molecule has 4 saturated carbocycles. The Hall–Kier alpha value is -1.84. The van der Waals surface area contributed by atoms with Crippen LogP contribution in [-0.2, 0) is 20.7 Å². The first-order chi connectivity index (χ1) is 12.6. The highest BCUT2D eigenvalue weighted by molar-refractivity contribution is 5.97. The van der Waals surface area contributed by atoms with E-state index in [0.717, 1.165) is 23.9 Å². The lowest BCUT2D eigenvalue weighted by Gasteiger charge is -2.53. The van der Waals surface area contributed by atoms with Gasteiger partial charge in [-0.2, -0.15) is 0 Å². The van der Waals surface area contributed by atoms with Crippen LogP contribution in [0, 0.1) is 29.6 Å². The number of carbonyl (C=O) groups is 2. The van der Waals surface area contributed by atoms with Crippen molar-refractivity contribution in [2.24, 2.45) is 29.6 Å². The van der Waals surface area contributed by atoms with Gasteiger partial charge >= 0.3 is 5.97 Å². The molecule has 4 heteroatoms. The summed E-state index contributed by atoms with van der Waals surface area (Å²) in [6.07, 6.45) is 7.01. The van der Waals surface area contributed by atoms with Gasteiger partial charge in [0, 0.05) is 11.7 Å². The molecule has 4 nitrogen and oxygen atoms in total. The van der Waals surface area contributed by atoms with Crippen LogP contribution in [0.15, 0.2) is 24.3 Å². The smallest absolute Gasteiger partial charge is 0.310 e. The largest absolute Gasteiger partial charge is 0.455 e. The van der Waals surface area contributed by atoms with E-state index in [1.807, 2.05) is 18.2 Å². The fourth-order valence-electron chi connectivity index (χ4n) is 6.55. The van der Waals surface area contributed by atoms with E-state index in [1.54, 1.807) is 4.90 Å². The van der Waals surface area contributed by atoms with E-state index < -0.39 is 0 Å². The number of rotatable bonds is 3. The predicted molar refractivity (Wildman–Crippen MR) is 98.6 cm³/mol. The van der Waals surface area contributed by atoms with E-state index in [9.17, 15) is 9.59 Å². The second-order valence-corrected chi connectivity index (χ2v) is 9.01. The fraction of sp³-hybridized carbons (Fsp3) is 0.636. The van der Waals surface area contributed by atoms with Crippen molar-refractivity contribution >= 4 is 17.6 Å². The highest BCUT2D eigenvalue weighted by Gasteiger charge is 2.51. The predicted octanol–water partition coefficient (Wildman–Crippen LogP) is 3.58. The number of para-hydroxylation sites is 1. The van der Waals surface area contributed by atoms with Crippen molar-refractivity contribution in [2.45, 2.75) is 51.5 Å². The van der Waals surface area contributed by atoms with Crippen LogP contribution in [0.25, 0.3) is 0 Å². The van der Waals surface area contributed by atoms with Crippen LogP contribution in [0.5, 0.6) is 0 Å². The van der Waals surface area contributed by atoms with Crippen LogP contribution < -0.4 is 4.90 Å². The number of fused-ring (bicyclic) bond motifs is 1. The van der Waals surface area contributed by atoms with E-state index in [2.05, 4.69) is 13.0 Å². The quantitative estimate of drug-likeness (QED) is 0.781. The number of esters is 1. The van der Waals surface area contributed by atoms with Gasteiger partial charge in [0.25, 0.3) is 5.91 Å². The van der Waals surface area contributed by atoms with Gasteiger partial charge in [0.1, 0.15) is 0 Å². The number of ether oxygens (including phenoxy) is 1. The van der Waals surface area contributed by atoms with Crippen molar-refractivity contribution in [2.75, 3.05) is 11.5 Å². The van der Waals surface area contributed by atoms with Crippen LogP contribution >= 0.6 is 0 Å². The zero-order valence-corrected chi connectivity index (χ0v) is 15.4. The molecule has 1 atom stereocenters. The third kappa shape index (κ3) is 2.57. The second kappa shape index (κ2) is 6.11. The van der Waals surface area contributed by atoms with Gasteiger partial charge in [-0.3, -0.25) is 9.59 Å². The first-order valence-corrected chi connectivity index (χ1v) is 10.2. The molecule has 26 heavy (non-hydrogen) atoms. The molecule has 0 saturated heterocycles. The van der Waals surface area contributed by atoms with Gasteiger partial charge in [0.15, 0.2) is 6.61 Å². The Bertz CT molecular complexity index is 715. The zero-order chi connectivity index (χ0) is 17.8. The monoisotopic (exact) mass is 353 g/mol. The molecular weight excluding hydrogens is 326 g/mol. The molecule has 138 valence electrons. The van der Waals surface area contributed by atoms with E-state index in [0.29, 0.717) is 11.8 Å². The number of amides is 1. The van der Waals surface area contributed by atoms with Crippen molar-refractivity contribution in [1.82, 2.24) is 0 Å². The molecule has 0 spiro atoms. The minimum Gasteiger partial charge on any atom is -0.455 e. The maximum absolute atomic E-state index is 12.8. The number of hydrogen-bond acceptors (Lipinski definition) is 3. The standard InChI is InChI=1S/C22H27NO3/c1-13-6-16-4-2-3-5-19(16)23(13)20(24)12-26-22(25)21-17-8-14-7-15(10-17)11-18(21)9-14/h2-5,13-15,17-18,21H,6-12H2,1H3/t13-,14?,15?,17?,18?,21?/m1/s1. The summed E-state index contributed by atoms with van der Waals surface area (Å²) in [5, 5.41) is 0. The summed E-state index contributed by atoms with van der Waals surface area (Å²) in [6, 6.07) is 8.14. The lowest BCUT2D eigenvalue weighted by molar-refractivity contribution is -0.164. The fourth-order valence-corrected chi connectivity index (χ4v) is 6.55. The highest BCUT2D eigenvalue weighted by atomic mass is 16.5. The summed E-state index contributed by atoms with van der Waals surface area (Å²) in [5.74, 6) is 2.50. The van der Waals surface area contributed by atoms with Crippen molar-refractivity contribution in [1.29, 1.82) is 0 Å². The molecule has 1 aromatic rings. The van der Waals surface area contributed by atoms with Crippen LogP contribution in [0.4, 0.5) is 5.69 Å². The van der Waals surface area contributed by atoms with Gasteiger partial charge in [-0.15, -0.1) is 0 Å². The van der Waals surface area contributed by atoms with Gasteiger partial charge in [-0.05, 0) is 80.8 Å². The van der Waals surface area contributed by atoms with Gasteiger partial charge < -0.3 is 9.64 Å². The third-order valence-corrected chi connectivity index (χ3v) is 7.31. The molecule has 1 amide bonds. The average molecular weight is 353 g/mol. The van der Waals surface area contributed by atoms with Crippen LogP contribution in [0.3, 0.4) is 0 Å². The number of benzene rings is 1. The number of anilines is 1. The van der Waals surface area contributed by atoms with Crippen LogP contribution in [0.1, 0.15) is 44.6 Å². The van der Waals surface area contributed by atoms with Crippen molar-refractivity contribution in [3.8, 4) is 0 Å². The lowest BCUT2D eigenvalue weighted by Crippen LogP contribution is -2.49. The molecule has 0 unspecified atom stereocenters. The van der Waals surface area contributed by atoms with E-state index in [4.69, 9.17) is 4.74 Å². The molecule has 1 aliphatic heterocycles. The molecule has 0 aromatic heterocycles. The third-order valence-electron chi connectivity index (χ3n) is 7.31. The summed E-state index contributed by atoms with van der Waals surface area (Å²) >= 11 is 0. The minimum atomic E-state index is -0.125. The number of hydrogen-bond donors (Lipinski definition) is 0. The Balaban J connectivity index is 1.24. The molecule has 4 bridgehead atoms. The van der Waals surface area contributed by atoms with E-state index >= 15 is 0 Å². The Labute approximate surface area is 154 Å². The molecule has 6 rings (SSSR count). The van der Waals surface area contributed by atoms with E-state index in [-0.39, 0.29) is 30.4 Å². The summed E-state index contributed by atoms with van der Waals surface area (Å²) in [4.78, 5) is 27.4. The SMILES string of the molecule is C[C@@H]1Cc2ccccc2N1C(=O)COC(=O)C1C2CC3CC(C2)CC1C3. The first-order valence-electron chi connectivity index (χ1n) is 10.2. The molecular formula is C22H27NO3. The molecule has 0 N–H and O–H groups in total. The van der Waals surface area contributed by atoms with E-state index in [1.165, 1.54) is 37.7 Å². The van der Waals surface area contributed by atoms with Crippen molar-refractivity contribution in [3.05, 3.63) is 29.8 Å². The van der Waals surface area contributed by atoms with Gasteiger partial charge in [-0.1, -0.05) is 18.2 Å². The topological polar surface area (TPSA) is 46.6 Å². The molecule has 0 radical (unpaired) electrons. The summed E-state index contributed by atoms with van der Waals surface area (Å²) in [6.45, 7) is 1.93. The zero-order valence-electron chi connectivity index (χ0n) is 15.4. The highest BCUT2D eigenvalue weighted by Crippen LogP contribution is 2.56. The molecule has 4 aliphatic carbocycles. The maximum Gasteiger partial charge on any atom is 0.310 e. The summed E-state index contributed by atoms with van der Waals surface area (Å²) in [5.41, 5.74) is 2.16. The van der Waals surface area contributed by atoms with Crippen LogP contribution in [-0.4, -0.2) is 24.5 Å². The van der Waals surface area contributed by atoms with Crippen molar-refractivity contribution in [3.63, 3.8) is 0 Å². The Morgan fingerprint density at radius 2 is 1.69 bits per heavy atom. The van der Waals surface area contributed by atoms with Gasteiger partial charge in [-0.25, -0.2) is 0 Å². The Morgan fingerprint density at radius 1 is 1.04 bits per heavy atom.